The van der Waals surface area contributed by atoms with Crippen LogP contribution in [0.2, 0.25) is 0 Å². The fraction of sp³-hybridized carbons (Fsp3) is 0.824. The van der Waals surface area contributed by atoms with Crippen LogP contribution < -0.4 is 0 Å². The Hall–Kier alpha value is -1.28. The van der Waals surface area contributed by atoms with E-state index in [1.165, 1.54) is 18.7 Å². The van der Waals surface area contributed by atoms with Gasteiger partial charge in [0.05, 0.1) is 5.60 Å². The topological polar surface area (TPSA) is 87.2 Å². The lowest BCUT2D eigenvalue weighted by molar-refractivity contribution is -0.132. The Morgan fingerprint density at radius 3 is 2.44 bits per heavy atom. The van der Waals surface area contributed by atoms with E-state index in [9.17, 15) is 19.5 Å². The van der Waals surface area contributed by atoms with E-state index in [0.717, 1.165) is 0 Å². The number of carbonyl (C=O) groups excluding carboxylic acids is 3. The zero-order valence-electron chi connectivity index (χ0n) is 15.4. The number of β-amino-alcohol motifs (C(OH)–C–C–N with tert-alkyl or cyclic N) is 1. The summed E-state index contributed by atoms with van der Waals surface area (Å²) in [5.74, 6) is -0.0262. The molecule has 2 saturated heterocycles. The third-order valence-electron chi connectivity index (χ3n) is 4.34. The monoisotopic (exact) mass is 372 g/mol. The van der Waals surface area contributed by atoms with Gasteiger partial charge < -0.3 is 19.6 Å². The van der Waals surface area contributed by atoms with Crippen molar-refractivity contribution in [1.82, 2.24) is 9.80 Å². The largest absolute Gasteiger partial charge is 0.444 e. The number of likely N-dealkylation sites (tertiary alicyclic amines) is 2. The van der Waals surface area contributed by atoms with Crippen LogP contribution in [-0.2, 0) is 14.3 Å². The first-order valence-corrected chi connectivity index (χ1v) is 9.51. The van der Waals surface area contributed by atoms with Gasteiger partial charge in [-0.05, 0) is 33.6 Å². The Balaban J connectivity index is 1.85. The molecule has 142 valence electrons. The molecule has 0 bridgehead atoms. The summed E-state index contributed by atoms with van der Waals surface area (Å²) in [4.78, 5) is 38.6. The van der Waals surface area contributed by atoms with Crippen molar-refractivity contribution in [3.05, 3.63) is 0 Å². The van der Waals surface area contributed by atoms with Gasteiger partial charge in [-0.2, -0.15) is 0 Å². The van der Waals surface area contributed by atoms with Crippen molar-refractivity contribution in [3.63, 3.8) is 0 Å². The van der Waals surface area contributed by atoms with E-state index in [0.29, 0.717) is 38.9 Å². The van der Waals surface area contributed by atoms with E-state index in [1.807, 2.05) is 20.8 Å². The second-order valence-electron chi connectivity index (χ2n) is 7.90. The van der Waals surface area contributed by atoms with E-state index >= 15 is 0 Å². The number of aliphatic hydroxyl groups is 1. The first-order valence-electron chi connectivity index (χ1n) is 8.63. The van der Waals surface area contributed by atoms with Crippen LogP contribution in [0.15, 0.2) is 0 Å². The van der Waals surface area contributed by atoms with Gasteiger partial charge in [-0.25, -0.2) is 4.79 Å². The van der Waals surface area contributed by atoms with Crippen molar-refractivity contribution in [2.24, 2.45) is 0 Å². The minimum Gasteiger partial charge on any atom is -0.444 e. The molecule has 25 heavy (non-hydrogen) atoms. The quantitative estimate of drug-likeness (QED) is 0.810. The first-order chi connectivity index (χ1) is 11.5. The highest BCUT2D eigenvalue weighted by Gasteiger charge is 2.40. The van der Waals surface area contributed by atoms with Crippen molar-refractivity contribution in [2.45, 2.75) is 63.4 Å². The number of piperidine rings is 1. The number of rotatable bonds is 3. The summed E-state index contributed by atoms with van der Waals surface area (Å²) in [7, 11) is 0. The van der Waals surface area contributed by atoms with Crippen molar-refractivity contribution >= 4 is 28.9 Å². The highest BCUT2D eigenvalue weighted by atomic mass is 32.2. The van der Waals surface area contributed by atoms with E-state index in [4.69, 9.17) is 4.74 Å². The summed E-state index contributed by atoms with van der Waals surface area (Å²) in [5, 5.41) is 10.8. The van der Waals surface area contributed by atoms with Gasteiger partial charge in [0.15, 0.2) is 5.12 Å². The van der Waals surface area contributed by atoms with E-state index in [1.54, 1.807) is 9.80 Å². The highest BCUT2D eigenvalue weighted by molar-refractivity contribution is 8.14. The van der Waals surface area contributed by atoms with Crippen molar-refractivity contribution in [2.75, 3.05) is 26.2 Å². The average Bonchev–Trinajstić information content (AvgIpc) is 2.75. The molecule has 1 unspecified atom stereocenters. The molecule has 2 aliphatic rings. The molecular formula is C17H28N2O5S. The van der Waals surface area contributed by atoms with Crippen LogP contribution >= 0.6 is 11.8 Å². The molecule has 0 aromatic carbocycles. The van der Waals surface area contributed by atoms with Gasteiger partial charge in [0.1, 0.15) is 5.60 Å². The molecule has 7 nitrogen and oxygen atoms in total. The summed E-state index contributed by atoms with van der Waals surface area (Å²) in [5.41, 5.74) is -1.54. The van der Waals surface area contributed by atoms with Crippen molar-refractivity contribution in [3.8, 4) is 0 Å². The SMILES string of the molecule is CC(=O)SC1CC(=O)N(CC2(O)CCN(C(=O)OC(C)(C)C)CC2)C1. The van der Waals surface area contributed by atoms with E-state index in [2.05, 4.69) is 0 Å². The maximum Gasteiger partial charge on any atom is 0.410 e. The van der Waals surface area contributed by atoms with E-state index in [-0.39, 0.29) is 28.9 Å². The number of nitrogens with zero attached hydrogens (tertiary/aromatic N) is 2. The number of hydrogen-bond acceptors (Lipinski definition) is 6. The predicted octanol–water partition coefficient (Wildman–Crippen LogP) is 1.63. The van der Waals surface area contributed by atoms with Crippen LogP contribution in [0.25, 0.3) is 0 Å². The van der Waals surface area contributed by atoms with E-state index < -0.39 is 11.2 Å². The number of thioether (sulfide) groups is 1. The summed E-state index contributed by atoms with van der Waals surface area (Å²) in [6, 6.07) is 0. The van der Waals surface area contributed by atoms with Crippen molar-refractivity contribution in [1.29, 1.82) is 0 Å². The van der Waals surface area contributed by atoms with Crippen LogP contribution in [0.4, 0.5) is 4.79 Å². The molecule has 0 radical (unpaired) electrons. The van der Waals surface area contributed by atoms with Gasteiger partial charge in [-0.3, -0.25) is 9.59 Å². The fourth-order valence-corrected chi connectivity index (χ4v) is 4.10. The number of hydrogen-bond donors (Lipinski definition) is 1. The van der Waals surface area contributed by atoms with Gasteiger partial charge >= 0.3 is 6.09 Å². The van der Waals surface area contributed by atoms with Crippen LogP contribution in [0, 0.1) is 0 Å². The normalized spacial score (nSPS) is 23.7. The summed E-state index contributed by atoms with van der Waals surface area (Å²) < 4.78 is 5.35. The summed E-state index contributed by atoms with van der Waals surface area (Å²) >= 11 is 1.19. The molecule has 0 aromatic rings. The lowest BCUT2D eigenvalue weighted by Gasteiger charge is -2.40. The summed E-state index contributed by atoms with van der Waals surface area (Å²) in [6.07, 6.45) is 0.774. The van der Waals surface area contributed by atoms with Gasteiger partial charge in [0.2, 0.25) is 5.91 Å². The average molecular weight is 372 g/mol. The highest BCUT2D eigenvalue weighted by Crippen LogP contribution is 2.29. The maximum atomic E-state index is 12.1. The minimum atomic E-state index is -0.996. The Labute approximate surface area is 153 Å². The molecule has 2 aliphatic heterocycles. The Kier molecular flexibility index (Phi) is 6.04. The Morgan fingerprint density at radius 1 is 1.32 bits per heavy atom. The van der Waals surface area contributed by atoms with Crippen LogP contribution in [-0.4, -0.2) is 74.7 Å². The van der Waals surface area contributed by atoms with Crippen LogP contribution in [0.1, 0.15) is 47.0 Å². The maximum absolute atomic E-state index is 12.1. The molecule has 1 atom stereocenters. The molecular weight excluding hydrogens is 344 g/mol. The van der Waals surface area contributed by atoms with Gasteiger partial charge in [-0.15, -0.1) is 0 Å². The lowest BCUT2D eigenvalue weighted by Crippen LogP contribution is -2.53. The molecule has 0 aliphatic carbocycles. The van der Waals surface area contributed by atoms with Gasteiger partial charge in [0, 0.05) is 44.8 Å². The molecule has 8 heteroatoms. The first kappa shape index (κ1) is 20.0. The number of carbonyl (C=O) groups is 3. The molecule has 2 heterocycles. The molecule has 2 amide bonds. The molecule has 0 saturated carbocycles. The summed E-state index contributed by atoms with van der Waals surface area (Å²) in [6.45, 7) is 8.50. The minimum absolute atomic E-state index is 0.00373. The van der Waals surface area contributed by atoms with Crippen molar-refractivity contribution < 1.29 is 24.2 Å². The molecule has 0 spiro atoms. The molecule has 1 N–H and O–H groups in total. The lowest BCUT2D eigenvalue weighted by atomic mass is 9.91. The number of ether oxygens (including phenoxy) is 1. The fourth-order valence-electron chi connectivity index (χ4n) is 3.15. The zero-order chi connectivity index (χ0) is 18.8. The van der Waals surface area contributed by atoms with Gasteiger partial charge in [-0.1, -0.05) is 11.8 Å². The van der Waals surface area contributed by atoms with Gasteiger partial charge in [0.25, 0.3) is 0 Å². The van der Waals surface area contributed by atoms with Crippen LogP contribution in [0.3, 0.4) is 0 Å². The number of amides is 2. The molecule has 2 rings (SSSR count). The second-order valence-corrected chi connectivity index (χ2v) is 9.38. The standard InChI is InChI=1S/C17H28N2O5S/c1-12(20)25-13-9-14(21)19(10-13)11-17(23)5-7-18(8-6-17)15(22)24-16(2,3)4/h13,23H,5-11H2,1-4H3. The third-order valence-corrected chi connectivity index (χ3v) is 5.32. The second kappa shape index (κ2) is 7.53. The predicted molar refractivity (Wildman–Crippen MR) is 95.2 cm³/mol. The zero-order valence-corrected chi connectivity index (χ0v) is 16.2. The Bertz CT molecular complexity index is 538. The smallest absolute Gasteiger partial charge is 0.410 e. The molecule has 0 aromatic heterocycles. The third kappa shape index (κ3) is 5.88. The van der Waals surface area contributed by atoms with Crippen LogP contribution in [0.5, 0.6) is 0 Å². The Morgan fingerprint density at radius 2 is 1.92 bits per heavy atom. The molecule has 2 fully saturated rings.